The number of aliphatic carboxylic acids is 1. The molecule has 126 valence electrons. The highest BCUT2D eigenvalue weighted by Crippen LogP contribution is 2.48. The van der Waals surface area contributed by atoms with Gasteiger partial charge in [-0.15, -0.1) is 0 Å². The molecule has 0 aromatic heterocycles. The van der Waals surface area contributed by atoms with E-state index in [1.54, 1.807) is 4.90 Å². The van der Waals surface area contributed by atoms with Crippen LogP contribution >= 0.6 is 0 Å². The first kappa shape index (κ1) is 17.3. The van der Waals surface area contributed by atoms with Gasteiger partial charge in [-0.2, -0.15) is 0 Å². The van der Waals surface area contributed by atoms with E-state index in [0.29, 0.717) is 38.5 Å². The van der Waals surface area contributed by atoms with Gasteiger partial charge in [0.15, 0.2) is 0 Å². The van der Waals surface area contributed by atoms with E-state index in [9.17, 15) is 14.7 Å². The maximum absolute atomic E-state index is 12.3. The van der Waals surface area contributed by atoms with Gasteiger partial charge >= 0.3 is 5.97 Å². The summed E-state index contributed by atoms with van der Waals surface area (Å²) in [6.07, 6.45) is 4.11. The summed E-state index contributed by atoms with van der Waals surface area (Å²) in [6.45, 7) is 7.75. The first-order chi connectivity index (χ1) is 10.3. The lowest BCUT2D eigenvalue weighted by atomic mass is 9.81. The number of carboxylic acid groups (broad SMARTS) is 1. The summed E-state index contributed by atoms with van der Waals surface area (Å²) in [7, 11) is 0. The van der Waals surface area contributed by atoms with Crippen LogP contribution in [0.5, 0.6) is 0 Å². The highest BCUT2D eigenvalue weighted by Gasteiger charge is 2.55. The van der Waals surface area contributed by atoms with E-state index in [4.69, 9.17) is 4.74 Å². The van der Waals surface area contributed by atoms with Crippen LogP contribution in [0.25, 0.3) is 0 Å². The first-order valence-electron chi connectivity index (χ1n) is 8.48. The third-order valence-electron chi connectivity index (χ3n) is 5.17. The lowest BCUT2D eigenvalue weighted by Crippen LogP contribution is -2.37. The minimum atomic E-state index is -0.730. The summed E-state index contributed by atoms with van der Waals surface area (Å²) in [6, 6.07) is 0. The van der Waals surface area contributed by atoms with Crippen molar-refractivity contribution in [2.24, 2.45) is 17.3 Å². The fourth-order valence-electron chi connectivity index (χ4n) is 4.07. The largest absolute Gasteiger partial charge is 0.481 e. The monoisotopic (exact) mass is 311 g/mol. The molecule has 0 aromatic rings. The Morgan fingerprint density at radius 1 is 1.36 bits per heavy atom. The molecule has 22 heavy (non-hydrogen) atoms. The second-order valence-corrected chi connectivity index (χ2v) is 7.39. The fourth-order valence-corrected chi connectivity index (χ4v) is 4.07. The van der Waals surface area contributed by atoms with Gasteiger partial charge in [-0.3, -0.25) is 9.59 Å². The zero-order valence-corrected chi connectivity index (χ0v) is 14.0. The van der Waals surface area contributed by atoms with Crippen molar-refractivity contribution in [3.05, 3.63) is 0 Å². The van der Waals surface area contributed by atoms with Crippen molar-refractivity contribution >= 4 is 11.9 Å². The molecule has 2 fully saturated rings. The summed E-state index contributed by atoms with van der Waals surface area (Å²) in [5, 5.41) is 9.54. The molecule has 3 atom stereocenters. The highest BCUT2D eigenvalue weighted by atomic mass is 16.5. The topological polar surface area (TPSA) is 66.8 Å². The average molecular weight is 311 g/mol. The smallest absolute Gasteiger partial charge is 0.311 e. The number of nitrogens with zero attached hydrogens (tertiary/aromatic N) is 1. The Labute approximate surface area is 133 Å². The first-order valence-corrected chi connectivity index (χ1v) is 8.48. The predicted molar refractivity (Wildman–Crippen MR) is 83.5 cm³/mol. The normalized spacial score (nSPS) is 28.9. The Hall–Kier alpha value is -1.10. The number of hydrogen-bond acceptors (Lipinski definition) is 3. The van der Waals surface area contributed by atoms with Crippen LogP contribution in [0.15, 0.2) is 0 Å². The lowest BCUT2D eigenvalue weighted by molar-refractivity contribution is -0.149. The molecule has 1 N–H and O–H groups in total. The molecule has 5 nitrogen and oxygen atoms in total. The molecule has 1 heterocycles. The van der Waals surface area contributed by atoms with Crippen molar-refractivity contribution in [1.29, 1.82) is 0 Å². The van der Waals surface area contributed by atoms with E-state index in [1.807, 2.05) is 6.92 Å². The van der Waals surface area contributed by atoms with Gasteiger partial charge in [0.25, 0.3) is 0 Å². The fraction of sp³-hybridized carbons (Fsp3) is 0.882. The van der Waals surface area contributed by atoms with Crippen LogP contribution < -0.4 is 0 Å². The van der Waals surface area contributed by atoms with Crippen LogP contribution in [-0.4, -0.2) is 47.7 Å². The summed E-state index contributed by atoms with van der Waals surface area (Å²) in [5.41, 5.74) is -0.679. The number of hydrogen-bond donors (Lipinski definition) is 1. The number of carboxylic acids is 1. The molecule has 1 aliphatic carbocycles. The van der Waals surface area contributed by atoms with Crippen LogP contribution in [0.1, 0.15) is 52.9 Å². The van der Waals surface area contributed by atoms with Gasteiger partial charge in [0.2, 0.25) is 5.91 Å². The number of rotatable bonds is 7. The standard InChI is InChI=1S/C17H29NO4/c1-12(2)9-13(3)22-8-6-15(19)18-10-14-5-4-7-17(14,11-18)16(20)21/h12-14H,4-11H2,1-3H3,(H,20,21)/t13?,14-,17+/m0/s1. The summed E-state index contributed by atoms with van der Waals surface area (Å²) < 4.78 is 5.69. The Balaban J connectivity index is 1.79. The summed E-state index contributed by atoms with van der Waals surface area (Å²) in [4.78, 5) is 25.7. The van der Waals surface area contributed by atoms with Crippen LogP contribution in [0.4, 0.5) is 0 Å². The molecule has 2 rings (SSSR count). The molecular formula is C17H29NO4. The maximum Gasteiger partial charge on any atom is 0.311 e. The van der Waals surface area contributed by atoms with E-state index in [0.717, 1.165) is 19.3 Å². The average Bonchev–Trinajstić information content (AvgIpc) is 2.94. The van der Waals surface area contributed by atoms with Gasteiger partial charge in [0.1, 0.15) is 0 Å². The van der Waals surface area contributed by atoms with Crippen molar-refractivity contribution in [3.63, 3.8) is 0 Å². The van der Waals surface area contributed by atoms with E-state index >= 15 is 0 Å². The molecule has 1 aliphatic heterocycles. The quantitative estimate of drug-likeness (QED) is 0.784. The van der Waals surface area contributed by atoms with Crippen molar-refractivity contribution in [1.82, 2.24) is 4.90 Å². The number of likely N-dealkylation sites (tertiary alicyclic amines) is 1. The van der Waals surface area contributed by atoms with Crippen molar-refractivity contribution < 1.29 is 19.4 Å². The zero-order chi connectivity index (χ0) is 16.3. The van der Waals surface area contributed by atoms with Gasteiger partial charge < -0.3 is 14.7 Å². The van der Waals surface area contributed by atoms with Crippen LogP contribution in [0, 0.1) is 17.3 Å². The van der Waals surface area contributed by atoms with E-state index in [2.05, 4.69) is 13.8 Å². The summed E-state index contributed by atoms with van der Waals surface area (Å²) >= 11 is 0. The van der Waals surface area contributed by atoms with Crippen LogP contribution in [0.3, 0.4) is 0 Å². The Morgan fingerprint density at radius 3 is 2.68 bits per heavy atom. The predicted octanol–water partition coefficient (Wildman–Crippen LogP) is 2.54. The minimum Gasteiger partial charge on any atom is -0.481 e. The molecule has 1 unspecified atom stereocenters. The minimum absolute atomic E-state index is 0.0340. The SMILES string of the molecule is CC(C)CC(C)OCCC(=O)N1C[C@@H]2CCC[C@@]2(C(=O)O)C1. The molecule has 0 spiro atoms. The maximum atomic E-state index is 12.3. The van der Waals surface area contributed by atoms with Gasteiger partial charge in [-0.05, 0) is 38.0 Å². The molecular weight excluding hydrogens is 282 g/mol. The van der Waals surface area contributed by atoms with Crippen molar-refractivity contribution in [2.45, 2.75) is 59.0 Å². The Bertz CT molecular complexity index is 423. The Morgan fingerprint density at radius 2 is 2.09 bits per heavy atom. The Kier molecular flexibility index (Phi) is 5.48. The second-order valence-electron chi connectivity index (χ2n) is 7.39. The molecule has 0 aromatic carbocycles. The molecule has 1 saturated carbocycles. The number of fused-ring (bicyclic) bond motifs is 1. The number of carbonyl (C=O) groups is 2. The summed E-state index contributed by atoms with van der Waals surface area (Å²) in [5.74, 6) is 0.0210. The van der Waals surface area contributed by atoms with Crippen LogP contribution in [-0.2, 0) is 14.3 Å². The highest BCUT2D eigenvalue weighted by molar-refractivity contribution is 5.81. The number of amides is 1. The number of carbonyl (C=O) groups excluding carboxylic acids is 1. The van der Waals surface area contributed by atoms with Gasteiger partial charge in [-0.1, -0.05) is 20.3 Å². The molecule has 0 radical (unpaired) electrons. The molecule has 1 saturated heterocycles. The van der Waals surface area contributed by atoms with Crippen molar-refractivity contribution in [2.75, 3.05) is 19.7 Å². The van der Waals surface area contributed by atoms with Crippen LogP contribution in [0.2, 0.25) is 0 Å². The van der Waals surface area contributed by atoms with Gasteiger partial charge in [0.05, 0.1) is 24.5 Å². The third-order valence-corrected chi connectivity index (χ3v) is 5.17. The van der Waals surface area contributed by atoms with E-state index in [1.165, 1.54) is 0 Å². The van der Waals surface area contributed by atoms with E-state index in [-0.39, 0.29) is 17.9 Å². The van der Waals surface area contributed by atoms with Gasteiger partial charge in [0, 0.05) is 13.1 Å². The van der Waals surface area contributed by atoms with E-state index < -0.39 is 11.4 Å². The lowest BCUT2D eigenvalue weighted by Gasteiger charge is -2.23. The van der Waals surface area contributed by atoms with Crippen molar-refractivity contribution in [3.8, 4) is 0 Å². The second kappa shape index (κ2) is 6.99. The van der Waals surface area contributed by atoms with Gasteiger partial charge in [-0.25, -0.2) is 0 Å². The molecule has 0 bridgehead atoms. The third kappa shape index (κ3) is 3.62. The zero-order valence-electron chi connectivity index (χ0n) is 14.0. The number of ether oxygens (including phenoxy) is 1. The molecule has 1 amide bonds. The molecule has 5 heteroatoms. The molecule has 2 aliphatic rings.